The summed E-state index contributed by atoms with van der Waals surface area (Å²) in [4.78, 5) is 27.6. The number of hydrogen-bond donors (Lipinski definition) is 2. The SMILES string of the molecule is CC(C)CN(NC(=O)c1ccccc1)c1nc(C(N)=O)cs1. The van der Waals surface area contributed by atoms with Gasteiger partial charge in [-0.15, -0.1) is 11.3 Å². The van der Waals surface area contributed by atoms with Gasteiger partial charge in [0.25, 0.3) is 11.8 Å². The summed E-state index contributed by atoms with van der Waals surface area (Å²) in [6.07, 6.45) is 0. The topological polar surface area (TPSA) is 88.3 Å². The van der Waals surface area contributed by atoms with E-state index in [-0.39, 0.29) is 11.6 Å². The molecule has 0 atom stereocenters. The molecular weight excluding hydrogens is 300 g/mol. The number of thiazole rings is 1. The van der Waals surface area contributed by atoms with Crippen molar-refractivity contribution in [2.45, 2.75) is 13.8 Å². The number of nitrogens with two attached hydrogens (primary N) is 1. The average Bonchev–Trinajstić information content (AvgIpc) is 2.97. The lowest BCUT2D eigenvalue weighted by atomic mass is 10.2. The largest absolute Gasteiger partial charge is 0.364 e. The Morgan fingerprint density at radius 1 is 1.32 bits per heavy atom. The van der Waals surface area contributed by atoms with Crippen molar-refractivity contribution in [1.29, 1.82) is 0 Å². The second-order valence-electron chi connectivity index (χ2n) is 5.19. The van der Waals surface area contributed by atoms with Crippen LogP contribution in [0.5, 0.6) is 0 Å². The van der Waals surface area contributed by atoms with E-state index in [0.29, 0.717) is 23.2 Å². The van der Waals surface area contributed by atoms with E-state index in [0.717, 1.165) is 0 Å². The van der Waals surface area contributed by atoms with Crippen LogP contribution in [0.3, 0.4) is 0 Å². The third-order valence-corrected chi connectivity index (χ3v) is 3.66. The molecule has 0 bridgehead atoms. The molecule has 0 radical (unpaired) electrons. The molecule has 3 N–H and O–H groups in total. The molecule has 2 aromatic rings. The summed E-state index contributed by atoms with van der Waals surface area (Å²) in [5.74, 6) is -0.504. The highest BCUT2D eigenvalue weighted by atomic mass is 32.1. The van der Waals surface area contributed by atoms with Crippen molar-refractivity contribution in [2.24, 2.45) is 11.7 Å². The predicted octanol–water partition coefficient (Wildman–Crippen LogP) is 2.05. The summed E-state index contributed by atoms with van der Waals surface area (Å²) >= 11 is 1.26. The number of carbonyl (C=O) groups excluding carboxylic acids is 2. The van der Waals surface area contributed by atoms with Crippen LogP contribution in [0.15, 0.2) is 35.7 Å². The third-order valence-electron chi connectivity index (χ3n) is 2.80. The number of hydrazine groups is 1. The van der Waals surface area contributed by atoms with Crippen molar-refractivity contribution >= 4 is 28.3 Å². The predicted molar refractivity (Wildman–Crippen MR) is 86.7 cm³/mol. The highest BCUT2D eigenvalue weighted by Gasteiger charge is 2.17. The molecule has 116 valence electrons. The number of anilines is 1. The number of primary amides is 1. The number of aromatic nitrogens is 1. The number of benzene rings is 1. The van der Waals surface area contributed by atoms with E-state index in [1.807, 2.05) is 19.9 Å². The summed E-state index contributed by atoms with van der Waals surface area (Å²) < 4.78 is 0. The quantitative estimate of drug-likeness (QED) is 0.798. The van der Waals surface area contributed by atoms with Crippen LogP contribution in [-0.4, -0.2) is 23.3 Å². The molecule has 22 heavy (non-hydrogen) atoms. The van der Waals surface area contributed by atoms with Crippen LogP contribution >= 0.6 is 11.3 Å². The van der Waals surface area contributed by atoms with E-state index in [4.69, 9.17) is 5.73 Å². The zero-order chi connectivity index (χ0) is 16.1. The van der Waals surface area contributed by atoms with Gasteiger partial charge in [-0.05, 0) is 18.1 Å². The number of rotatable bonds is 6. The molecule has 0 aliphatic rings. The van der Waals surface area contributed by atoms with Gasteiger partial charge in [0, 0.05) is 17.5 Å². The molecule has 1 aromatic heterocycles. The van der Waals surface area contributed by atoms with Gasteiger partial charge in [0.05, 0.1) is 0 Å². The van der Waals surface area contributed by atoms with E-state index >= 15 is 0 Å². The van der Waals surface area contributed by atoms with Gasteiger partial charge in [-0.1, -0.05) is 32.0 Å². The molecule has 7 heteroatoms. The normalized spacial score (nSPS) is 10.5. The van der Waals surface area contributed by atoms with Gasteiger partial charge >= 0.3 is 0 Å². The fourth-order valence-corrected chi connectivity index (χ4v) is 2.60. The highest BCUT2D eigenvalue weighted by Crippen LogP contribution is 2.20. The summed E-state index contributed by atoms with van der Waals surface area (Å²) in [6.45, 7) is 4.64. The molecule has 0 saturated carbocycles. The van der Waals surface area contributed by atoms with Gasteiger partial charge in [0.1, 0.15) is 5.69 Å². The smallest absolute Gasteiger partial charge is 0.269 e. The Balaban J connectivity index is 2.18. The average molecular weight is 318 g/mol. The molecule has 6 nitrogen and oxygen atoms in total. The maximum atomic E-state index is 12.3. The first-order valence-corrected chi connectivity index (χ1v) is 7.74. The van der Waals surface area contributed by atoms with Crippen LogP contribution in [0.2, 0.25) is 0 Å². The second kappa shape index (κ2) is 7.04. The Morgan fingerprint density at radius 2 is 2.00 bits per heavy atom. The number of nitrogens with zero attached hydrogens (tertiary/aromatic N) is 2. The Kier molecular flexibility index (Phi) is 5.11. The van der Waals surface area contributed by atoms with Gasteiger partial charge < -0.3 is 5.73 Å². The van der Waals surface area contributed by atoms with Crippen molar-refractivity contribution in [3.63, 3.8) is 0 Å². The summed E-state index contributed by atoms with van der Waals surface area (Å²) in [6, 6.07) is 8.92. The zero-order valence-electron chi connectivity index (χ0n) is 12.4. The first-order chi connectivity index (χ1) is 10.5. The zero-order valence-corrected chi connectivity index (χ0v) is 13.3. The Bertz CT molecular complexity index is 655. The number of amides is 2. The fraction of sp³-hybridized carbons (Fsp3) is 0.267. The minimum absolute atomic E-state index is 0.197. The van der Waals surface area contributed by atoms with Gasteiger partial charge in [0.15, 0.2) is 0 Å². The Labute approximate surface area is 132 Å². The number of nitrogens with one attached hydrogen (secondary N) is 1. The first kappa shape index (κ1) is 16.0. The molecular formula is C15H18N4O2S. The lowest BCUT2D eigenvalue weighted by molar-refractivity contribution is 0.0947. The van der Waals surface area contributed by atoms with Gasteiger partial charge in [-0.3, -0.25) is 20.0 Å². The molecule has 0 unspecified atom stereocenters. The Morgan fingerprint density at radius 3 is 2.55 bits per heavy atom. The van der Waals surface area contributed by atoms with E-state index in [1.54, 1.807) is 34.7 Å². The minimum atomic E-state index is -0.582. The van der Waals surface area contributed by atoms with Gasteiger partial charge in [-0.25, -0.2) is 4.98 Å². The van der Waals surface area contributed by atoms with Crippen LogP contribution in [0, 0.1) is 5.92 Å². The fourth-order valence-electron chi connectivity index (χ4n) is 1.81. The maximum Gasteiger partial charge on any atom is 0.269 e. The minimum Gasteiger partial charge on any atom is -0.364 e. The molecule has 2 amide bonds. The number of carbonyl (C=O) groups is 2. The molecule has 2 rings (SSSR count). The molecule has 0 aliphatic heterocycles. The van der Waals surface area contributed by atoms with Crippen molar-refractivity contribution in [3.05, 3.63) is 47.0 Å². The van der Waals surface area contributed by atoms with E-state index in [9.17, 15) is 9.59 Å². The molecule has 0 aliphatic carbocycles. The molecule has 1 aromatic carbocycles. The molecule has 0 spiro atoms. The lowest BCUT2D eigenvalue weighted by Crippen LogP contribution is -2.44. The van der Waals surface area contributed by atoms with E-state index < -0.39 is 5.91 Å². The monoisotopic (exact) mass is 318 g/mol. The van der Waals surface area contributed by atoms with Crippen molar-refractivity contribution in [2.75, 3.05) is 11.6 Å². The summed E-state index contributed by atoms with van der Waals surface area (Å²) in [5.41, 5.74) is 8.80. The van der Waals surface area contributed by atoms with Gasteiger partial charge in [0.2, 0.25) is 5.13 Å². The highest BCUT2D eigenvalue weighted by molar-refractivity contribution is 7.13. The standard InChI is InChI=1S/C15H18N4O2S/c1-10(2)8-19(15-17-12(9-22-15)13(16)20)18-14(21)11-6-4-3-5-7-11/h3-7,9-10H,8H2,1-2H3,(H2,16,20)(H,18,21). The summed E-state index contributed by atoms with van der Waals surface area (Å²) in [5, 5.41) is 3.77. The third kappa shape index (κ3) is 4.05. The van der Waals surface area contributed by atoms with E-state index in [2.05, 4.69) is 10.4 Å². The van der Waals surface area contributed by atoms with Crippen LogP contribution in [-0.2, 0) is 0 Å². The van der Waals surface area contributed by atoms with Crippen molar-refractivity contribution in [3.8, 4) is 0 Å². The van der Waals surface area contributed by atoms with E-state index in [1.165, 1.54) is 11.3 Å². The van der Waals surface area contributed by atoms with Crippen molar-refractivity contribution < 1.29 is 9.59 Å². The summed E-state index contributed by atoms with van der Waals surface area (Å²) in [7, 11) is 0. The van der Waals surface area contributed by atoms with Crippen LogP contribution in [0.25, 0.3) is 0 Å². The molecule has 0 fully saturated rings. The van der Waals surface area contributed by atoms with Gasteiger partial charge in [-0.2, -0.15) is 0 Å². The first-order valence-electron chi connectivity index (χ1n) is 6.86. The molecule has 0 saturated heterocycles. The van der Waals surface area contributed by atoms with Crippen LogP contribution < -0.4 is 16.2 Å². The lowest BCUT2D eigenvalue weighted by Gasteiger charge is -2.24. The Hall–Kier alpha value is -2.41. The van der Waals surface area contributed by atoms with Crippen LogP contribution in [0.4, 0.5) is 5.13 Å². The maximum absolute atomic E-state index is 12.3. The number of hydrogen-bond acceptors (Lipinski definition) is 5. The van der Waals surface area contributed by atoms with Crippen LogP contribution in [0.1, 0.15) is 34.7 Å². The molecule has 1 heterocycles. The van der Waals surface area contributed by atoms with Crippen molar-refractivity contribution in [1.82, 2.24) is 10.4 Å². The second-order valence-corrected chi connectivity index (χ2v) is 6.03.